The molecule has 1 unspecified atom stereocenters. The largest absolute Gasteiger partial charge is 0.416 e. The molecule has 0 aliphatic heterocycles. The first-order chi connectivity index (χ1) is 15.5. The number of nitrogens with two attached hydrogens (primary N) is 1. The van der Waals surface area contributed by atoms with E-state index in [2.05, 4.69) is 21.9 Å². The predicted octanol–water partition coefficient (Wildman–Crippen LogP) is 4.51. The highest BCUT2D eigenvalue weighted by molar-refractivity contribution is 6.31. The van der Waals surface area contributed by atoms with Crippen molar-refractivity contribution in [2.75, 3.05) is 6.54 Å². The molecule has 1 amide bonds. The van der Waals surface area contributed by atoms with Gasteiger partial charge in [-0.1, -0.05) is 18.2 Å². The van der Waals surface area contributed by atoms with E-state index in [0.29, 0.717) is 6.20 Å². The van der Waals surface area contributed by atoms with Crippen molar-refractivity contribution in [2.45, 2.75) is 32.0 Å². The number of aliphatic imine (C=N–C) groups is 2. The van der Waals surface area contributed by atoms with Crippen molar-refractivity contribution in [3.63, 3.8) is 0 Å². The lowest BCUT2D eigenvalue weighted by molar-refractivity contribution is -0.137. The minimum absolute atomic E-state index is 0.0552. The highest BCUT2D eigenvalue weighted by atomic mass is 35.5. The molecule has 1 aliphatic rings. The highest BCUT2D eigenvalue weighted by Gasteiger charge is 2.35. The molecule has 4 N–H and O–H groups in total. The maximum Gasteiger partial charge on any atom is 0.416 e. The first-order valence-electron chi connectivity index (χ1n) is 9.79. The molecule has 33 heavy (non-hydrogen) atoms. The van der Waals surface area contributed by atoms with Gasteiger partial charge in [-0.3, -0.25) is 10.2 Å². The molecule has 12 heteroatoms. The highest BCUT2D eigenvalue weighted by Crippen LogP contribution is 2.34. The zero-order valence-corrected chi connectivity index (χ0v) is 18.4. The number of nitrogens with zero attached hydrogens (tertiary/aromatic N) is 3. The lowest BCUT2D eigenvalue weighted by Crippen LogP contribution is -2.48. The van der Waals surface area contributed by atoms with Gasteiger partial charge in [0.1, 0.15) is 18.0 Å². The maximum atomic E-state index is 13.3. The number of hydrogen-bond donors (Lipinski definition) is 3. The fourth-order valence-corrected chi connectivity index (χ4v) is 3.10. The molecule has 1 aromatic carbocycles. The molecule has 1 atom stereocenters. The van der Waals surface area contributed by atoms with E-state index >= 15 is 0 Å². The van der Waals surface area contributed by atoms with E-state index in [1.54, 1.807) is 6.92 Å². The molecule has 0 saturated heterocycles. The van der Waals surface area contributed by atoms with Crippen molar-refractivity contribution in [3.05, 3.63) is 58.8 Å². The lowest BCUT2D eigenvalue weighted by atomic mass is 10.1. The Kier molecular flexibility index (Phi) is 8.75. The van der Waals surface area contributed by atoms with Crippen LogP contribution >= 0.6 is 11.6 Å². The Bertz CT molecular complexity index is 1000. The molecule has 178 valence electrons. The summed E-state index contributed by atoms with van der Waals surface area (Å²) in [6.07, 6.45) is -0.721. The Labute approximate surface area is 193 Å². The fourth-order valence-electron chi connectivity index (χ4n) is 2.86. The van der Waals surface area contributed by atoms with Crippen molar-refractivity contribution < 1.29 is 22.4 Å². The number of nitrogens with one attached hydrogen (secondary N) is 2. The second kappa shape index (κ2) is 11.1. The molecular formula is C21H23ClF4N6O. The number of rotatable bonds is 9. The van der Waals surface area contributed by atoms with Crippen molar-refractivity contribution in [2.24, 2.45) is 21.6 Å². The van der Waals surface area contributed by atoms with E-state index in [4.69, 9.17) is 22.7 Å². The van der Waals surface area contributed by atoms with E-state index in [-0.39, 0.29) is 34.7 Å². The maximum absolute atomic E-state index is 13.3. The summed E-state index contributed by atoms with van der Waals surface area (Å²) in [5.41, 5.74) is 3.76. The molecular weight excluding hydrogens is 464 g/mol. The van der Waals surface area contributed by atoms with Gasteiger partial charge in [-0.05, 0) is 43.9 Å². The average molecular weight is 487 g/mol. The summed E-state index contributed by atoms with van der Waals surface area (Å²) < 4.78 is 52.8. The summed E-state index contributed by atoms with van der Waals surface area (Å²) >= 11 is 5.85. The molecule has 7 nitrogen and oxygen atoms in total. The van der Waals surface area contributed by atoms with Crippen LogP contribution in [0, 0.1) is 11.3 Å². The summed E-state index contributed by atoms with van der Waals surface area (Å²) in [7, 11) is 0. The van der Waals surface area contributed by atoms with Crippen LogP contribution in [0.2, 0.25) is 5.02 Å². The van der Waals surface area contributed by atoms with Gasteiger partial charge in [-0.25, -0.2) is 14.4 Å². The molecule has 1 saturated carbocycles. The van der Waals surface area contributed by atoms with Crippen LogP contribution in [0.5, 0.6) is 0 Å². The van der Waals surface area contributed by atoms with Gasteiger partial charge in [0, 0.05) is 23.3 Å². The third-order valence-corrected chi connectivity index (χ3v) is 4.95. The number of halogens is 5. The smallest absolute Gasteiger partial charge is 0.402 e. The van der Waals surface area contributed by atoms with Crippen molar-refractivity contribution >= 4 is 35.9 Å². The van der Waals surface area contributed by atoms with Gasteiger partial charge in [0.2, 0.25) is 0 Å². The quantitative estimate of drug-likeness (QED) is 0.271. The molecule has 0 radical (unpaired) electrons. The topological polar surface area (TPSA) is 107 Å². The standard InChI is InChI=1S/C21H23ClF4N6O/c1-12(19(30-11-28)31-13(2)29-9-18(23)8-27)32(10-14-3-4-14)20(33)15-5-16(21(24,25)26)7-17(22)6-15/h5-9,11-12,14H,2-4,10,27H2,1H3,(H2,28,30,31)/b18-8+,29-9-. The summed E-state index contributed by atoms with van der Waals surface area (Å²) in [5, 5.41) is 9.78. The zero-order chi connectivity index (χ0) is 24.8. The Balaban J connectivity index is 2.35. The van der Waals surface area contributed by atoms with Crippen LogP contribution in [0.25, 0.3) is 0 Å². The van der Waals surface area contributed by atoms with E-state index in [9.17, 15) is 22.4 Å². The minimum Gasteiger partial charge on any atom is -0.402 e. The summed E-state index contributed by atoms with van der Waals surface area (Å²) in [5.74, 6) is -1.31. The van der Waals surface area contributed by atoms with Crippen LogP contribution in [0.3, 0.4) is 0 Å². The SMILES string of the molecule is C=C(/N=C\C(F)=C/N)N/C(=N\C=N)C(C)N(CC1CC1)C(=O)c1cc(Cl)cc(C(F)(F)F)c1. The number of amidine groups is 1. The number of allylic oxidation sites excluding steroid dienone is 1. The van der Waals surface area contributed by atoms with Gasteiger partial charge in [-0.15, -0.1) is 0 Å². The minimum atomic E-state index is -4.68. The van der Waals surface area contributed by atoms with Crippen LogP contribution in [-0.2, 0) is 6.18 Å². The lowest BCUT2D eigenvalue weighted by Gasteiger charge is -2.31. The number of carbonyl (C=O) groups is 1. The number of amides is 1. The Hall–Kier alpha value is -3.21. The molecule has 1 aromatic rings. The zero-order valence-electron chi connectivity index (χ0n) is 17.7. The summed E-state index contributed by atoms with van der Waals surface area (Å²) in [4.78, 5) is 22.2. The third-order valence-electron chi connectivity index (χ3n) is 4.73. The van der Waals surface area contributed by atoms with Gasteiger partial charge >= 0.3 is 6.18 Å². The molecule has 1 fully saturated rings. The Morgan fingerprint density at radius 2 is 2.09 bits per heavy atom. The second-order valence-electron chi connectivity index (χ2n) is 7.33. The van der Waals surface area contributed by atoms with E-state index in [1.807, 2.05) is 0 Å². The molecule has 0 spiro atoms. The van der Waals surface area contributed by atoms with Crippen molar-refractivity contribution in [1.29, 1.82) is 5.41 Å². The average Bonchev–Trinajstić information content (AvgIpc) is 3.57. The van der Waals surface area contributed by atoms with Gasteiger partial charge in [0.05, 0.1) is 17.8 Å². The summed E-state index contributed by atoms with van der Waals surface area (Å²) in [6.45, 7) is 5.45. The number of alkyl halides is 3. The molecule has 0 bridgehead atoms. The van der Waals surface area contributed by atoms with Crippen LogP contribution in [-0.4, -0.2) is 41.8 Å². The molecule has 0 aromatic heterocycles. The predicted molar refractivity (Wildman–Crippen MR) is 120 cm³/mol. The van der Waals surface area contributed by atoms with Crippen molar-refractivity contribution in [3.8, 4) is 0 Å². The van der Waals surface area contributed by atoms with Gasteiger partial charge in [0.15, 0.2) is 5.83 Å². The normalized spacial score (nSPS) is 15.9. The first-order valence-corrected chi connectivity index (χ1v) is 10.2. The fraction of sp³-hybridized carbons (Fsp3) is 0.333. The molecule has 0 heterocycles. The Morgan fingerprint density at radius 1 is 1.42 bits per heavy atom. The molecule has 2 rings (SSSR count). The first kappa shape index (κ1) is 26.0. The van der Waals surface area contributed by atoms with Crippen LogP contribution in [0.15, 0.2) is 52.6 Å². The van der Waals surface area contributed by atoms with Crippen LogP contribution in [0.1, 0.15) is 35.7 Å². The number of benzene rings is 1. The number of hydrogen-bond acceptors (Lipinski definition) is 4. The Morgan fingerprint density at radius 3 is 2.64 bits per heavy atom. The van der Waals surface area contributed by atoms with Gasteiger partial charge in [-0.2, -0.15) is 13.2 Å². The molecule has 1 aliphatic carbocycles. The third kappa shape index (κ3) is 7.70. The van der Waals surface area contributed by atoms with Crippen molar-refractivity contribution in [1.82, 2.24) is 10.2 Å². The van der Waals surface area contributed by atoms with E-state index < -0.39 is 29.5 Å². The summed E-state index contributed by atoms with van der Waals surface area (Å²) in [6, 6.07) is 1.84. The van der Waals surface area contributed by atoms with E-state index in [1.165, 1.54) is 4.90 Å². The van der Waals surface area contributed by atoms with Crippen LogP contribution in [0.4, 0.5) is 17.6 Å². The van der Waals surface area contributed by atoms with Gasteiger partial charge in [0.25, 0.3) is 5.91 Å². The van der Waals surface area contributed by atoms with Crippen LogP contribution < -0.4 is 11.1 Å². The number of carbonyl (C=O) groups excluding carboxylic acids is 1. The van der Waals surface area contributed by atoms with E-state index in [0.717, 1.165) is 43.6 Å². The van der Waals surface area contributed by atoms with Gasteiger partial charge < -0.3 is 16.0 Å². The second-order valence-corrected chi connectivity index (χ2v) is 7.76. The monoisotopic (exact) mass is 486 g/mol.